The van der Waals surface area contributed by atoms with Gasteiger partial charge in [-0.2, -0.15) is 5.10 Å². The van der Waals surface area contributed by atoms with Crippen molar-refractivity contribution in [2.45, 2.75) is 38.5 Å². The van der Waals surface area contributed by atoms with E-state index >= 15 is 0 Å². The summed E-state index contributed by atoms with van der Waals surface area (Å²) in [5, 5.41) is 4.64. The largest absolute Gasteiger partial charge is 0.536 e. The molecule has 0 fully saturated rings. The zero-order valence-electron chi connectivity index (χ0n) is 20.2. The molecule has 0 saturated heterocycles. The average Bonchev–Trinajstić information content (AvgIpc) is 3.44. The molecule has 0 bridgehead atoms. The molecule has 0 N–H and O–H groups in total. The number of rotatable bonds is 3. The molecule has 34 heavy (non-hydrogen) atoms. The van der Waals surface area contributed by atoms with Gasteiger partial charge >= 0.3 is 7.05 Å². The first-order valence-electron chi connectivity index (χ1n) is 11.7. The lowest BCUT2D eigenvalue weighted by Crippen LogP contribution is -2.47. The fourth-order valence-electron chi connectivity index (χ4n) is 5.24. The van der Waals surface area contributed by atoms with Gasteiger partial charge in [0.25, 0.3) is 0 Å². The second-order valence-corrected chi connectivity index (χ2v) is 10.3. The van der Waals surface area contributed by atoms with Gasteiger partial charge in [0.2, 0.25) is 0 Å². The molecule has 6 rings (SSSR count). The third-order valence-electron chi connectivity index (χ3n) is 7.93. The topological polar surface area (TPSA) is 39.5 Å². The fourth-order valence-corrected chi connectivity index (χ4v) is 5.24. The number of hydrogen-bond acceptors (Lipinski definition) is 4. The van der Waals surface area contributed by atoms with Crippen molar-refractivity contribution in [2.24, 2.45) is 0 Å². The quantitative estimate of drug-likeness (QED) is 0.390. The van der Waals surface area contributed by atoms with Crippen LogP contribution in [-0.4, -0.2) is 23.9 Å². The Kier molecular flexibility index (Phi) is 4.41. The molecule has 0 unspecified atom stereocenters. The van der Waals surface area contributed by atoms with Crippen LogP contribution in [-0.2, 0) is 10.8 Å². The zero-order chi connectivity index (χ0) is 23.7. The van der Waals surface area contributed by atoms with Crippen LogP contribution >= 0.6 is 0 Å². The molecule has 5 nitrogen and oxygen atoms in total. The molecular formula is C28H28BN3O2. The number of anilines is 1. The van der Waals surface area contributed by atoms with E-state index in [9.17, 15) is 0 Å². The third kappa shape index (κ3) is 2.91. The Hall–Kier alpha value is -3.67. The number of fused-ring (bicyclic) bond motifs is 4. The predicted octanol–water partition coefficient (Wildman–Crippen LogP) is 5.46. The van der Waals surface area contributed by atoms with E-state index in [1.807, 2.05) is 36.5 Å². The Bertz CT molecular complexity index is 1410. The van der Waals surface area contributed by atoms with Gasteiger partial charge in [0, 0.05) is 23.1 Å². The van der Waals surface area contributed by atoms with E-state index in [1.165, 1.54) is 11.3 Å². The summed E-state index contributed by atoms with van der Waals surface area (Å²) in [7, 11) is 1.87. The minimum absolute atomic E-state index is 0.0436. The molecule has 0 aliphatic carbocycles. The van der Waals surface area contributed by atoms with Crippen molar-refractivity contribution in [3.8, 4) is 22.9 Å². The van der Waals surface area contributed by atoms with Crippen LogP contribution in [0.4, 0.5) is 5.69 Å². The van der Waals surface area contributed by atoms with Gasteiger partial charge in [0.1, 0.15) is 17.2 Å². The highest BCUT2D eigenvalue weighted by atomic mass is 16.5. The molecule has 2 aliphatic heterocycles. The molecule has 0 saturated carbocycles. The van der Waals surface area contributed by atoms with Crippen LogP contribution in [0, 0.1) is 0 Å². The summed E-state index contributed by atoms with van der Waals surface area (Å²) in [5.74, 6) is 2.47. The van der Waals surface area contributed by atoms with Gasteiger partial charge < -0.3 is 14.2 Å². The predicted molar refractivity (Wildman–Crippen MR) is 137 cm³/mol. The monoisotopic (exact) mass is 449 g/mol. The van der Waals surface area contributed by atoms with Gasteiger partial charge in [-0.05, 0) is 54.5 Å². The van der Waals surface area contributed by atoms with Crippen LogP contribution in [0.5, 0.6) is 17.2 Å². The summed E-state index contributed by atoms with van der Waals surface area (Å²) in [4.78, 5) is 2.15. The minimum atomic E-state index is -0.181. The smallest absolute Gasteiger partial charge is 0.519 e. The van der Waals surface area contributed by atoms with Crippen LogP contribution in [0.1, 0.15) is 39.0 Å². The summed E-state index contributed by atoms with van der Waals surface area (Å²) in [6.07, 6.45) is 1.88. The second-order valence-electron chi connectivity index (χ2n) is 10.3. The number of ether oxygens (including phenoxy) is 1. The molecular weight excluding hydrogens is 421 g/mol. The van der Waals surface area contributed by atoms with Crippen molar-refractivity contribution in [1.29, 1.82) is 0 Å². The van der Waals surface area contributed by atoms with Crippen molar-refractivity contribution in [3.05, 3.63) is 90.3 Å². The van der Waals surface area contributed by atoms with E-state index in [1.54, 1.807) is 0 Å². The average molecular weight is 449 g/mol. The SMILES string of the molecule is CN1B(c2cccc(Oc3ccc4c(c3)-n3nccc3C(C)(C)C4(C)C)c2)Oc2ccccc21. The molecule has 0 spiro atoms. The van der Waals surface area contributed by atoms with Crippen LogP contribution < -0.4 is 19.7 Å². The van der Waals surface area contributed by atoms with Gasteiger partial charge in [-0.25, -0.2) is 4.68 Å². The molecule has 1 aromatic heterocycles. The van der Waals surface area contributed by atoms with Crippen LogP contribution in [0.2, 0.25) is 0 Å². The Morgan fingerprint density at radius 1 is 0.824 bits per heavy atom. The standard InChI is InChI=1S/C28H28BN3O2/c1-27(2)22-14-13-21(18-24(22)32-26(15-16-30-32)28(27,3)4)33-20-10-8-9-19(17-20)29-31(5)23-11-6-7-12-25(23)34-29/h6-18H,1-5H3. The number of para-hydroxylation sites is 2. The summed E-state index contributed by atoms with van der Waals surface area (Å²) in [5.41, 5.74) is 5.61. The van der Waals surface area contributed by atoms with Gasteiger partial charge in [-0.15, -0.1) is 0 Å². The lowest BCUT2D eigenvalue weighted by atomic mass is 9.60. The highest BCUT2D eigenvalue weighted by molar-refractivity contribution is 6.73. The Morgan fingerprint density at radius 3 is 2.44 bits per heavy atom. The Labute approximate surface area is 201 Å². The van der Waals surface area contributed by atoms with Crippen molar-refractivity contribution in [3.63, 3.8) is 0 Å². The molecule has 4 aromatic rings. The lowest BCUT2D eigenvalue weighted by molar-refractivity contribution is 0.275. The molecule has 0 radical (unpaired) electrons. The van der Waals surface area contributed by atoms with Crippen LogP contribution in [0.25, 0.3) is 5.69 Å². The Balaban J connectivity index is 1.32. The molecule has 3 aromatic carbocycles. The number of benzene rings is 3. The molecule has 170 valence electrons. The lowest BCUT2D eigenvalue weighted by Gasteiger charge is -2.46. The fraction of sp³-hybridized carbons (Fsp3) is 0.250. The third-order valence-corrected chi connectivity index (χ3v) is 7.93. The first-order valence-corrected chi connectivity index (χ1v) is 11.7. The van der Waals surface area contributed by atoms with E-state index < -0.39 is 0 Å². The van der Waals surface area contributed by atoms with E-state index in [0.717, 1.165) is 34.1 Å². The summed E-state index contributed by atoms with van der Waals surface area (Å²) in [6, 6.07) is 24.7. The van der Waals surface area contributed by atoms with Crippen molar-refractivity contribution in [1.82, 2.24) is 9.78 Å². The molecule has 6 heteroatoms. The van der Waals surface area contributed by atoms with E-state index in [2.05, 4.69) is 91.8 Å². The molecule has 0 atom stereocenters. The Morgan fingerprint density at radius 2 is 1.62 bits per heavy atom. The summed E-state index contributed by atoms with van der Waals surface area (Å²) >= 11 is 0. The van der Waals surface area contributed by atoms with Crippen LogP contribution in [0.3, 0.4) is 0 Å². The number of aromatic nitrogens is 2. The van der Waals surface area contributed by atoms with Gasteiger partial charge in [-0.1, -0.05) is 58.0 Å². The summed E-state index contributed by atoms with van der Waals surface area (Å²) < 4.78 is 14.6. The van der Waals surface area contributed by atoms with Crippen molar-refractivity contribution >= 4 is 18.2 Å². The number of hydrogen-bond donors (Lipinski definition) is 0. The second kappa shape index (κ2) is 7.16. The maximum Gasteiger partial charge on any atom is 0.519 e. The molecule has 3 heterocycles. The number of nitrogens with zero attached hydrogens (tertiary/aromatic N) is 3. The van der Waals surface area contributed by atoms with Gasteiger partial charge in [0.05, 0.1) is 17.1 Å². The van der Waals surface area contributed by atoms with Gasteiger partial charge in [0.15, 0.2) is 0 Å². The van der Waals surface area contributed by atoms with Gasteiger partial charge in [-0.3, -0.25) is 0 Å². The van der Waals surface area contributed by atoms with E-state index in [4.69, 9.17) is 9.39 Å². The van der Waals surface area contributed by atoms with Crippen LogP contribution in [0.15, 0.2) is 79.0 Å². The van der Waals surface area contributed by atoms with Crippen molar-refractivity contribution < 1.29 is 9.39 Å². The summed E-state index contributed by atoms with van der Waals surface area (Å²) in [6.45, 7) is 9.20. The maximum atomic E-state index is 6.35. The zero-order valence-corrected chi connectivity index (χ0v) is 20.2. The molecule has 0 amide bonds. The first kappa shape index (κ1) is 20.9. The van der Waals surface area contributed by atoms with E-state index in [-0.39, 0.29) is 17.9 Å². The highest BCUT2D eigenvalue weighted by Crippen LogP contribution is 2.50. The maximum absolute atomic E-state index is 6.35. The highest BCUT2D eigenvalue weighted by Gasteiger charge is 2.47. The normalized spacial score (nSPS) is 17.0. The minimum Gasteiger partial charge on any atom is -0.536 e. The first-order chi connectivity index (χ1) is 16.3. The van der Waals surface area contributed by atoms with E-state index in [0.29, 0.717) is 0 Å². The molecule has 2 aliphatic rings. The van der Waals surface area contributed by atoms with Crippen molar-refractivity contribution in [2.75, 3.05) is 11.9 Å².